The van der Waals surface area contributed by atoms with E-state index in [1.807, 2.05) is 12.1 Å². The van der Waals surface area contributed by atoms with Crippen LogP contribution in [0.5, 0.6) is 0 Å². The third-order valence-electron chi connectivity index (χ3n) is 7.05. The predicted molar refractivity (Wildman–Crippen MR) is 121 cm³/mol. The summed E-state index contributed by atoms with van der Waals surface area (Å²) in [6, 6.07) is 7.92. The topological polar surface area (TPSA) is 41.6 Å². The highest BCUT2D eigenvalue weighted by molar-refractivity contribution is 5.80. The summed E-state index contributed by atoms with van der Waals surface area (Å²) in [4.78, 5) is 14.8. The Morgan fingerprint density at radius 1 is 0.892 bits per heavy atom. The van der Waals surface area contributed by atoms with Crippen LogP contribution in [0.3, 0.4) is 0 Å². The van der Waals surface area contributed by atoms with Crippen molar-refractivity contribution in [1.29, 1.82) is 0 Å². The number of likely N-dealkylation sites (tertiary alicyclic amines) is 1. The van der Waals surface area contributed by atoms with Gasteiger partial charge in [-0.1, -0.05) is 12.1 Å². The molecule has 0 radical (unpaired) electrons. The Morgan fingerprint density at radius 3 is 2.00 bits per heavy atom. The predicted octanol–water partition coefficient (Wildman–Crippen LogP) is 5.91. The Balaban J connectivity index is 1.26. The summed E-state index contributed by atoms with van der Waals surface area (Å²) in [5.74, 6) is -0.479. The van der Waals surface area contributed by atoms with Crippen molar-refractivity contribution in [3.8, 4) is 0 Å². The number of piperidine rings is 1. The number of rotatable bonds is 5. The fourth-order valence-electron chi connectivity index (χ4n) is 4.99. The van der Waals surface area contributed by atoms with Crippen LogP contribution in [0.2, 0.25) is 0 Å². The van der Waals surface area contributed by atoms with Gasteiger partial charge in [-0.25, -0.2) is 4.39 Å². The van der Waals surface area contributed by atoms with Gasteiger partial charge in [0.1, 0.15) is 11.9 Å². The van der Waals surface area contributed by atoms with Gasteiger partial charge >= 0.3 is 12.4 Å². The number of hydrogen-bond acceptors (Lipinski definition) is 3. The molecule has 2 aliphatic rings. The number of amides is 1. The first-order valence-corrected chi connectivity index (χ1v) is 12.1. The van der Waals surface area contributed by atoms with Crippen LogP contribution in [-0.2, 0) is 28.4 Å². The van der Waals surface area contributed by atoms with Crippen LogP contribution in [0.1, 0.15) is 53.9 Å². The van der Waals surface area contributed by atoms with Crippen LogP contribution in [0.4, 0.5) is 30.7 Å². The number of halogens is 7. The molecule has 2 heterocycles. The molecule has 0 spiro atoms. The van der Waals surface area contributed by atoms with E-state index in [0.717, 1.165) is 31.5 Å². The summed E-state index contributed by atoms with van der Waals surface area (Å²) in [5.41, 5.74) is -2.04. The molecule has 0 bridgehead atoms. The number of alkyl halides is 6. The molecule has 0 aliphatic carbocycles. The summed E-state index contributed by atoms with van der Waals surface area (Å²) >= 11 is 0. The van der Waals surface area contributed by atoms with E-state index in [4.69, 9.17) is 4.74 Å². The molecule has 37 heavy (non-hydrogen) atoms. The smallest absolute Gasteiger partial charge is 0.367 e. The van der Waals surface area contributed by atoms with Gasteiger partial charge in [0.15, 0.2) is 0 Å². The maximum Gasteiger partial charge on any atom is 0.416 e. The highest BCUT2D eigenvalue weighted by atomic mass is 19.4. The zero-order valence-electron chi connectivity index (χ0n) is 19.8. The Bertz CT molecular complexity index is 1040. The second-order valence-electron chi connectivity index (χ2n) is 9.55. The molecule has 0 aromatic heterocycles. The Hall–Kier alpha value is -2.66. The van der Waals surface area contributed by atoms with Gasteiger partial charge in [-0.15, -0.1) is 0 Å². The van der Waals surface area contributed by atoms with E-state index in [1.165, 1.54) is 12.1 Å². The first-order valence-electron chi connectivity index (χ1n) is 12.1. The maximum absolute atomic E-state index is 13.2. The van der Waals surface area contributed by atoms with Crippen LogP contribution in [0, 0.1) is 5.82 Å². The van der Waals surface area contributed by atoms with Gasteiger partial charge in [0.25, 0.3) is 0 Å². The van der Waals surface area contributed by atoms with Gasteiger partial charge in [0.05, 0.1) is 17.7 Å². The third kappa shape index (κ3) is 7.01. The molecule has 2 aliphatic heterocycles. The van der Waals surface area contributed by atoms with Crippen molar-refractivity contribution in [2.75, 3.05) is 19.7 Å². The van der Waals surface area contributed by atoms with Crippen molar-refractivity contribution in [3.05, 3.63) is 70.5 Å². The molecule has 2 atom stereocenters. The van der Waals surface area contributed by atoms with Crippen molar-refractivity contribution in [1.82, 2.24) is 10.2 Å². The number of hydrogen-bond donors (Lipinski definition) is 1. The zero-order chi connectivity index (χ0) is 26.8. The number of benzene rings is 2. The Labute approximate surface area is 209 Å². The lowest BCUT2D eigenvalue weighted by Crippen LogP contribution is -2.49. The van der Waals surface area contributed by atoms with E-state index in [9.17, 15) is 35.5 Å². The average Bonchev–Trinajstić information content (AvgIpc) is 2.87. The fourth-order valence-corrected chi connectivity index (χ4v) is 4.99. The van der Waals surface area contributed by atoms with Crippen LogP contribution in [0.15, 0.2) is 42.5 Å². The number of nitrogens with one attached hydrogen (secondary N) is 1. The van der Waals surface area contributed by atoms with Gasteiger partial charge in [-0.05, 0) is 86.1 Å². The summed E-state index contributed by atoms with van der Waals surface area (Å²) in [5, 5.41) is 2.41. The first kappa shape index (κ1) is 27.4. The second kappa shape index (κ2) is 11.0. The molecule has 4 nitrogen and oxygen atoms in total. The van der Waals surface area contributed by atoms with Crippen molar-refractivity contribution < 1.29 is 40.3 Å². The van der Waals surface area contributed by atoms with E-state index in [1.54, 1.807) is 0 Å². The van der Waals surface area contributed by atoms with Crippen LogP contribution in [-0.4, -0.2) is 42.6 Å². The number of carbonyl (C=O) groups excluding carboxylic acids is 1. The fraction of sp³-hybridized carbons (Fsp3) is 0.500. The molecule has 1 amide bonds. The highest BCUT2D eigenvalue weighted by Crippen LogP contribution is 2.36. The lowest BCUT2D eigenvalue weighted by molar-refractivity contribution is -0.143. The van der Waals surface area contributed by atoms with Crippen molar-refractivity contribution in [2.45, 2.75) is 62.6 Å². The normalized spacial score (nSPS) is 22.1. The number of nitrogens with zero attached hydrogens (tertiary/aromatic N) is 1. The molecule has 2 fully saturated rings. The monoisotopic (exact) mass is 532 g/mol. The van der Waals surface area contributed by atoms with Gasteiger partial charge < -0.3 is 10.1 Å². The maximum atomic E-state index is 13.2. The second-order valence-corrected chi connectivity index (χ2v) is 9.55. The van der Waals surface area contributed by atoms with Gasteiger partial charge in [-0.3, -0.25) is 9.69 Å². The SMILES string of the molecule is O=C(NCc1cc(C(F)(F)F)cc(C(F)(F)F)c1)C1CCC(N2CCC(c3ccc(F)cc3)CC2)CO1. The largest absolute Gasteiger partial charge is 0.416 e. The molecule has 2 aromatic rings. The standard InChI is InChI=1S/C26H27F7N2O2/c27-21-3-1-17(2-4-21)18-7-9-35(10-8-18)22-5-6-23(37-15-22)24(36)34-14-16-11-19(25(28,29)30)13-20(12-16)26(31,32)33/h1-4,11-13,18,22-23H,5-10,14-15H2,(H,34,36). The summed E-state index contributed by atoms with van der Waals surface area (Å²) in [6.45, 7) is 1.50. The first-order chi connectivity index (χ1) is 17.4. The average molecular weight is 533 g/mol. The molecule has 4 rings (SSSR count). The lowest BCUT2D eigenvalue weighted by Gasteiger charge is -2.40. The number of carbonyl (C=O) groups is 1. The molecule has 202 valence electrons. The van der Waals surface area contributed by atoms with Crippen LogP contribution < -0.4 is 5.32 Å². The van der Waals surface area contributed by atoms with E-state index < -0.39 is 42.0 Å². The Morgan fingerprint density at radius 2 is 1.49 bits per heavy atom. The molecule has 2 unspecified atom stereocenters. The van der Waals surface area contributed by atoms with E-state index in [2.05, 4.69) is 10.2 Å². The minimum atomic E-state index is -4.95. The molecule has 11 heteroatoms. The molecule has 0 saturated carbocycles. The minimum Gasteiger partial charge on any atom is -0.367 e. The minimum absolute atomic E-state index is 0.0537. The van der Waals surface area contributed by atoms with Crippen molar-refractivity contribution >= 4 is 5.91 Å². The summed E-state index contributed by atoms with van der Waals surface area (Å²) in [7, 11) is 0. The van der Waals surface area contributed by atoms with Crippen LogP contribution >= 0.6 is 0 Å². The summed E-state index contributed by atoms with van der Waals surface area (Å²) < 4.78 is 97.2. The zero-order valence-corrected chi connectivity index (χ0v) is 19.8. The van der Waals surface area contributed by atoms with E-state index >= 15 is 0 Å². The third-order valence-corrected chi connectivity index (χ3v) is 7.05. The highest BCUT2D eigenvalue weighted by Gasteiger charge is 2.37. The number of ether oxygens (including phenoxy) is 1. The van der Waals surface area contributed by atoms with Gasteiger partial charge in [0, 0.05) is 12.6 Å². The molecule has 2 saturated heterocycles. The molecular formula is C26H27F7N2O2. The van der Waals surface area contributed by atoms with Gasteiger partial charge in [0.2, 0.25) is 5.91 Å². The van der Waals surface area contributed by atoms with Crippen molar-refractivity contribution in [3.63, 3.8) is 0 Å². The van der Waals surface area contributed by atoms with Gasteiger partial charge in [-0.2, -0.15) is 26.3 Å². The molecular weight excluding hydrogens is 505 g/mol. The van der Waals surface area contributed by atoms with Crippen molar-refractivity contribution in [2.24, 2.45) is 0 Å². The Kier molecular flexibility index (Phi) is 8.13. The van der Waals surface area contributed by atoms with Crippen LogP contribution in [0.25, 0.3) is 0 Å². The summed E-state index contributed by atoms with van der Waals surface area (Å²) in [6.07, 6.45) is -7.80. The molecule has 2 aromatic carbocycles. The molecule has 1 N–H and O–H groups in total. The quantitative estimate of drug-likeness (QED) is 0.487. The van der Waals surface area contributed by atoms with E-state index in [0.29, 0.717) is 37.5 Å². The lowest BCUT2D eigenvalue weighted by atomic mass is 9.88. The van der Waals surface area contributed by atoms with E-state index in [-0.39, 0.29) is 23.5 Å².